The monoisotopic (exact) mass is 155 g/mol. The first-order valence-corrected chi connectivity index (χ1v) is 3.93. The predicted octanol–water partition coefficient (Wildman–Crippen LogP) is 0.431. The summed E-state index contributed by atoms with van der Waals surface area (Å²) in [6, 6.07) is 0. The van der Waals surface area contributed by atoms with Gasteiger partial charge < -0.3 is 10.5 Å². The van der Waals surface area contributed by atoms with E-state index in [1.54, 1.807) is 0 Å². The Morgan fingerprint density at radius 2 is 2.09 bits per heavy atom. The van der Waals surface area contributed by atoms with E-state index in [1.807, 2.05) is 0 Å². The lowest BCUT2D eigenvalue weighted by Crippen LogP contribution is -2.72. The van der Waals surface area contributed by atoms with Crippen LogP contribution in [0.4, 0.5) is 0 Å². The van der Waals surface area contributed by atoms with Crippen LogP contribution in [0.5, 0.6) is 0 Å². The van der Waals surface area contributed by atoms with Gasteiger partial charge in [-0.25, -0.2) is 0 Å². The zero-order chi connectivity index (χ0) is 8.11. The van der Waals surface area contributed by atoms with E-state index in [1.165, 1.54) is 7.11 Å². The first kappa shape index (κ1) is 7.10. The van der Waals surface area contributed by atoms with Gasteiger partial charge in [-0.15, -0.1) is 0 Å². The Hall–Kier alpha value is -0.570. The van der Waals surface area contributed by atoms with Crippen LogP contribution in [0.3, 0.4) is 0 Å². The molecule has 3 nitrogen and oxygen atoms in total. The summed E-state index contributed by atoms with van der Waals surface area (Å²) in [6.45, 7) is 0. The Morgan fingerprint density at radius 3 is 2.45 bits per heavy atom. The second-order valence-corrected chi connectivity index (χ2v) is 4.15. The number of rotatable bonds is 2. The Bertz CT molecular complexity index is 192. The Balaban J connectivity index is 1.86. The number of ether oxygens (including phenoxy) is 1. The highest BCUT2D eigenvalue weighted by Crippen LogP contribution is 2.67. The standard InChI is InChI=1S/C8H13NO2/c1-11-6(10)2-7-3-8(9,4-7)5-7/h2-5,9H2,1H3. The molecule has 62 valence electrons. The van der Waals surface area contributed by atoms with Gasteiger partial charge in [-0.05, 0) is 24.7 Å². The van der Waals surface area contributed by atoms with Crippen molar-refractivity contribution in [2.45, 2.75) is 31.2 Å². The van der Waals surface area contributed by atoms with Gasteiger partial charge in [0.2, 0.25) is 0 Å². The number of hydrogen-bond acceptors (Lipinski definition) is 3. The van der Waals surface area contributed by atoms with Crippen molar-refractivity contribution in [1.29, 1.82) is 0 Å². The van der Waals surface area contributed by atoms with Crippen LogP contribution in [-0.4, -0.2) is 18.6 Å². The van der Waals surface area contributed by atoms with Gasteiger partial charge in [-0.3, -0.25) is 4.79 Å². The van der Waals surface area contributed by atoms with Crippen molar-refractivity contribution in [2.24, 2.45) is 11.1 Å². The maximum atomic E-state index is 10.9. The molecule has 3 rings (SSSR count). The zero-order valence-corrected chi connectivity index (χ0v) is 6.72. The van der Waals surface area contributed by atoms with Gasteiger partial charge in [0.15, 0.2) is 0 Å². The molecule has 0 spiro atoms. The van der Waals surface area contributed by atoms with E-state index in [9.17, 15) is 4.79 Å². The fourth-order valence-corrected chi connectivity index (χ4v) is 2.65. The third-order valence-electron chi connectivity index (χ3n) is 2.93. The summed E-state index contributed by atoms with van der Waals surface area (Å²) in [5.74, 6) is -0.0910. The van der Waals surface area contributed by atoms with Crippen LogP contribution in [0.15, 0.2) is 0 Å². The highest BCUT2D eigenvalue weighted by Gasteiger charge is 2.66. The van der Waals surface area contributed by atoms with Crippen molar-refractivity contribution in [1.82, 2.24) is 0 Å². The van der Waals surface area contributed by atoms with Gasteiger partial charge in [0, 0.05) is 5.54 Å². The van der Waals surface area contributed by atoms with E-state index in [-0.39, 0.29) is 16.9 Å². The van der Waals surface area contributed by atoms with Crippen LogP contribution in [0.25, 0.3) is 0 Å². The van der Waals surface area contributed by atoms with E-state index in [0.29, 0.717) is 6.42 Å². The molecule has 3 fully saturated rings. The second kappa shape index (κ2) is 1.78. The van der Waals surface area contributed by atoms with Crippen molar-refractivity contribution in [3.05, 3.63) is 0 Å². The molecule has 3 heteroatoms. The molecule has 0 aromatic heterocycles. The van der Waals surface area contributed by atoms with Crippen LogP contribution in [-0.2, 0) is 9.53 Å². The summed E-state index contributed by atoms with van der Waals surface area (Å²) < 4.78 is 4.60. The van der Waals surface area contributed by atoms with Gasteiger partial charge in [0.05, 0.1) is 13.5 Å². The lowest BCUT2D eigenvalue weighted by molar-refractivity contribution is -0.168. The van der Waals surface area contributed by atoms with Crippen molar-refractivity contribution >= 4 is 5.97 Å². The van der Waals surface area contributed by atoms with Crippen molar-refractivity contribution in [3.63, 3.8) is 0 Å². The van der Waals surface area contributed by atoms with Gasteiger partial charge in [-0.2, -0.15) is 0 Å². The summed E-state index contributed by atoms with van der Waals surface area (Å²) in [5.41, 5.74) is 6.19. The summed E-state index contributed by atoms with van der Waals surface area (Å²) in [7, 11) is 1.44. The fourth-order valence-electron chi connectivity index (χ4n) is 2.65. The predicted molar refractivity (Wildman–Crippen MR) is 39.8 cm³/mol. The number of carbonyl (C=O) groups excluding carboxylic acids is 1. The highest BCUT2D eigenvalue weighted by atomic mass is 16.5. The molecular formula is C8H13NO2. The molecular weight excluding hydrogens is 142 g/mol. The molecule has 0 amide bonds. The average Bonchev–Trinajstić information content (AvgIpc) is 1.82. The van der Waals surface area contributed by atoms with Gasteiger partial charge in [-0.1, -0.05) is 0 Å². The molecule has 11 heavy (non-hydrogen) atoms. The van der Waals surface area contributed by atoms with E-state index >= 15 is 0 Å². The van der Waals surface area contributed by atoms with E-state index in [4.69, 9.17) is 5.73 Å². The quantitative estimate of drug-likeness (QED) is 0.588. The van der Waals surface area contributed by atoms with Crippen LogP contribution in [0.1, 0.15) is 25.7 Å². The largest absolute Gasteiger partial charge is 0.469 e. The van der Waals surface area contributed by atoms with Gasteiger partial charge in [0.1, 0.15) is 0 Å². The van der Waals surface area contributed by atoms with Crippen LogP contribution in [0.2, 0.25) is 0 Å². The molecule has 0 heterocycles. The molecule has 0 radical (unpaired) electrons. The lowest BCUT2D eigenvalue weighted by atomic mass is 9.39. The molecule has 0 atom stereocenters. The first-order valence-electron chi connectivity index (χ1n) is 3.93. The number of hydrogen-bond donors (Lipinski definition) is 1. The Labute approximate surface area is 65.9 Å². The van der Waals surface area contributed by atoms with Crippen LogP contribution < -0.4 is 5.73 Å². The first-order chi connectivity index (χ1) is 5.08. The number of carbonyl (C=O) groups is 1. The maximum absolute atomic E-state index is 10.9. The minimum atomic E-state index is -0.0910. The molecule has 0 aromatic carbocycles. The summed E-state index contributed by atoms with van der Waals surface area (Å²) in [5, 5.41) is 0. The average molecular weight is 155 g/mol. The molecule has 0 unspecified atom stereocenters. The van der Waals surface area contributed by atoms with Gasteiger partial charge in [0.25, 0.3) is 0 Å². The number of methoxy groups -OCH3 is 1. The summed E-state index contributed by atoms with van der Waals surface area (Å²) >= 11 is 0. The summed E-state index contributed by atoms with van der Waals surface area (Å²) in [4.78, 5) is 10.9. The Kier molecular flexibility index (Phi) is 1.15. The second-order valence-electron chi connectivity index (χ2n) is 4.15. The number of nitrogens with two attached hydrogens (primary N) is 1. The third kappa shape index (κ3) is 0.872. The van der Waals surface area contributed by atoms with Crippen molar-refractivity contribution in [2.75, 3.05) is 7.11 Å². The SMILES string of the molecule is COC(=O)CC12CC(N)(C1)C2. The smallest absolute Gasteiger partial charge is 0.306 e. The molecule has 3 saturated carbocycles. The van der Waals surface area contributed by atoms with Crippen molar-refractivity contribution in [3.8, 4) is 0 Å². The number of esters is 1. The van der Waals surface area contributed by atoms with E-state index in [2.05, 4.69) is 4.74 Å². The van der Waals surface area contributed by atoms with Gasteiger partial charge >= 0.3 is 5.97 Å². The topological polar surface area (TPSA) is 52.3 Å². The Morgan fingerprint density at radius 1 is 1.55 bits per heavy atom. The lowest BCUT2D eigenvalue weighted by Gasteiger charge is -2.68. The summed E-state index contributed by atoms with van der Waals surface area (Å²) in [6.07, 6.45) is 3.64. The maximum Gasteiger partial charge on any atom is 0.306 e. The molecule has 0 saturated heterocycles. The van der Waals surface area contributed by atoms with E-state index in [0.717, 1.165) is 19.3 Å². The molecule has 0 aliphatic heterocycles. The normalized spacial score (nSPS) is 45.6. The molecule has 3 aliphatic carbocycles. The van der Waals surface area contributed by atoms with Crippen LogP contribution >= 0.6 is 0 Å². The molecule has 2 N–H and O–H groups in total. The zero-order valence-electron chi connectivity index (χ0n) is 6.72. The third-order valence-corrected chi connectivity index (χ3v) is 2.93. The molecule has 3 aliphatic rings. The highest BCUT2D eigenvalue weighted by molar-refractivity contribution is 5.71. The minimum absolute atomic E-state index is 0.0910. The van der Waals surface area contributed by atoms with E-state index < -0.39 is 0 Å². The minimum Gasteiger partial charge on any atom is -0.469 e. The van der Waals surface area contributed by atoms with Crippen molar-refractivity contribution < 1.29 is 9.53 Å². The molecule has 0 aromatic rings. The fraction of sp³-hybridized carbons (Fsp3) is 0.875. The molecule has 2 bridgehead atoms. The van der Waals surface area contributed by atoms with Crippen LogP contribution in [0, 0.1) is 5.41 Å².